The number of benzene rings is 1. The van der Waals surface area contributed by atoms with E-state index in [1.165, 1.54) is 0 Å². The Morgan fingerprint density at radius 3 is 2.56 bits per heavy atom. The third-order valence-corrected chi connectivity index (χ3v) is 1.98. The van der Waals surface area contributed by atoms with Crippen LogP contribution in [0.2, 0.25) is 0 Å². The highest BCUT2D eigenvalue weighted by Gasteiger charge is 2.33. The largest absolute Gasteiger partial charge is 0.417 e. The molecular formula is C11H8F3NO3. The van der Waals surface area contributed by atoms with Crippen molar-refractivity contribution in [1.29, 1.82) is 0 Å². The molecule has 0 unspecified atom stereocenters. The highest BCUT2D eigenvalue weighted by Crippen LogP contribution is 2.33. The maximum Gasteiger partial charge on any atom is 0.417 e. The van der Waals surface area contributed by atoms with Crippen LogP contribution >= 0.6 is 0 Å². The lowest BCUT2D eigenvalue weighted by Crippen LogP contribution is -2.08. The molecule has 0 radical (unpaired) electrons. The van der Waals surface area contributed by atoms with Crippen molar-refractivity contribution in [3.63, 3.8) is 0 Å². The number of aliphatic hydroxyl groups is 1. The van der Waals surface area contributed by atoms with Gasteiger partial charge in [0.15, 0.2) is 0 Å². The molecule has 1 N–H and O–H groups in total. The van der Waals surface area contributed by atoms with E-state index in [1.54, 1.807) is 0 Å². The van der Waals surface area contributed by atoms with Gasteiger partial charge in [0, 0.05) is 24.1 Å². The van der Waals surface area contributed by atoms with Crippen molar-refractivity contribution < 1.29 is 23.2 Å². The van der Waals surface area contributed by atoms with Gasteiger partial charge in [0.1, 0.15) is 0 Å². The van der Waals surface area contributed by atoms with Gasteiger partial charge in [0.05, 0.1) is 17.1 Å². The first-order valence-electron chi connectivity index (χ1n) is 4.81. The number of nitro groups is 1. The van der Waals surface area contributed by atoms with Crippen LogP contribution in [0.3, 0.4) is 0 Å². The second kappa shape index (κ2) is 5.51. The Morgan fingerprint density at radius 1 is 1.39 bits per heavy atom. The van der Waals surface area contributed by atoms with E-state index in [-0.39, 0.29) is 13.0 Å². The summed E-state index contributed by atoms with van der Waals surface area (Å²) in [4.78, 5) is 9.69. The quantitative estimate of drug-likeness (QED) is 0.503. The van der Waals surface area contributed by atoms with Gasteiger partial charge in [0.2, 0.25) is 0 Å². The van der Waals surface area contributed by atoms with Gasteiger partial charge in [-0.25, -0.2) is 0 Å². The molecule has 96 valence electrons. The molecular weight excluding hydrogens is 251 g/mol. The summed E-state index contributed by atoms with van der Waals surface area (Å²) in [5.41, 5.74) is -1.96. The number of nitrogens with zero attached hydrogens (tertiary/aromatic N) is 1. The zero-order valence-corrected chi connectivity index (χ0v) is 8.99. The molecule has 0 bridgehead atoms. The van der Waals surface area contributed by atoms with E-state index in [4.69, 9.17) is 5.11 Å². The van der Waals surface area contributed by atoms with Crippen molar-refractivity contribution in [2.24, 2.45) is 0 Å². The van der Waals surface area contributed by atoms with Crippen LogP contribution in [-0.4, -0.2) is 16.6 Å². The molecule has 1 aromatic carbocycles. The minimum atomic E-state index is -4.63. The summed E-state index contributed by atoms with van der Waals surface area (Å²) >= 11 is 0. The maximum absolute atomic E-state index is 12.6. The number of non-ortho nitro benzene ring substituents is 1. The van der Waals surface area contributed by atoms with Crippen LogP contribution in [0.5, 0.6) is 0 Å². The first kappa shape index (κ1) is 14.0. The predicted molar refractivity (Wildman–Crippen MR) is 56.7 cm³/mol. The normalized spacial score (nSPS) is 10.7. The van der Waals surface area contributed by atoms with Crippen molar-refractivity contribution in [3.05, 3.63) is 39.4 Å². The van der Waals surface area contributed by atoms with E-state index in [9.17, 15) is 23.3 Å². The smallest absolute Gasteiger partial charge is 0.395 e. The minimum Gasteiger partial charge on any atom is -0.395 e. The van der Waals surface area contributed by atoms with Crippen LogP contribution in [0.25, 0.3) is 0 Å². The average Bonchev–Trinajstić information content (AvgIpc) is 2.27. The second-order valence-corrected chi connectivity index (χ2v) is 3.26. The van der Waals surface area contributed by atoms with Crippen molar-refractivity contribution in [2.45, 2.75) is 12.6 Å². The van der Waals surface area contributed by atoms with Crippen LogP contribution < -0.4 is 0 Å². The topological polar surface area (TPSA) is 63.4 Å². The molecule has 0 saturated carbocycles. The lowest BCUT2D eigenvalue weighted by atomic mass is 10.1. The maximum atomic E-state index is 12.6. The Labute approximate surface area is 100 Å². The molecule has 1 aromatic rings. The number of rotatable bonds is 2. The summed E-state index contributed by atoms with van der Waals surface area (Å²) < 4.78 is 37.8. The molecule has 0 atom stereocenters. The number of hydrogen-bond donors (Lipinski definition) is 1. The van der Waals surface area contributed by atoms with E-state index in [0.717, 1.165) is 12.1 Å². The van der Waals surface area contributed by atoms with Crippen molar-refractivity contribution >= 4 is 5.69 Å². The molecule has 7 heteroatoms. The van der Waals surface area contributed by atoms with E-state index in [0.29, 0.717) is 6.07 Å². The van der Waals surface area contributed by atoms with Gasteiger partial charge in [-0.3, -0.25) is 10.1 Å². The fourth-order valence-corrected chi connectivity index (χ4v) is 1.21. The Balaban J connectivity index is 3.28. The number of alkyl halides is 3. The highest BCUT2D eigenvalue weighted by molar-refractivity contribution is 5.49. The Kier molecular flexibility index (Phi) is 4.28. The molecule has 0 saturated heterocycles. The molecule has 0 aliphatic carbocycles. The molecule has 1 rings (SSSR count). The molecule has 0 aromatic heterocycles. The summed E-state index contributed by atoms with van der Waals surface area (Å²) in [5.74, 6) is 4.49. The van der Waals surface area contributed by atoms with Crippen molar-refractivity contribution in [3.8, 4) is 11.8 Å². The fourth-order valence-electron chi connectivity index (χ4n) is 1.21. The Hall–Kier alpha value is -2.07. The fraction of sp³-hybridized carbons (Fsp3) is 0.273. The standard InChI is InChI=1S/C11H8F3NO3/c12-11(13,14)10-5-4-9(15(17)18)7-8(10)3-1-2-6-16/h4-5,7,16H,2,6H2. The SMILES string of the molecule is O=[N+]([O-])c1ccc(C(F)(F)F)c(C#CCCO)c1. The predicted octanol–water partition coefficient (Wildman–Crippen LogP) is 2.35. The molecule has 0 heterocycles. The summed E-state index contributed by atoms with van der Waals surface area (Å²) in [6, 6.07) is 2.17. The summed E-state index contributed by atoms with van der Waals surface area (Å²) in [6.07, 6.45) is -4.63. The molecule has 0 fully saturated rings. The van der Waals surface area contributed by atoms with E-state index >= 15 is 0 Å². The van der Waals surface area contributed by atoms with Gasteiger partial charge in [-0.15, -0.1) is 0 Å². The number of aliphatic hydroxyl groups excluding tert-OH is 1. The zero-order chi connectivity index (χ0) is 13.8. The van der Waals surface area contributed by atoms with Crippen molar-refractivity contribution in [2.75, 3.05) is 6.61 Å². The highest BCUT2D eigenvalue weighted by atomic mass is 19.4. The zero-order valence-electron chi connectivity index (χ0n) is 8.99. The number of hydrogen-bond acceptors (Lipinski definition) is 3. The number of nitro benzene ring substituents is 1. The molecule has 0 aliphatic heterocycles. The third-order valence-electron chi connectivity index (χ3n) is 1.98. The average molecular weight is 259 g/mol. The van der Waals surface area contributed by atoms with Gasteiger partial charge in [0.25, 0.3) is 5.69 Å². The molecule has 0 spiro atoms. The summed E-state index contributed by atoms with van der Waals surface area (Å²) in [5, 5.41) is 19.0. The lowest BCUT2D eigenvalue weighted by molar-refractivity contribution is -0.384. The van der Waals surface area contributed by atoms with E-state index in [2.05, 4.69) is 11.8 Å². The minimum absolute atomic E-state index is 0.0000109. The van der Waals surface area contributed by atoms with Crippen molar-refractivity contribution in [1.82, 2.24) is 0 Å². The lowest BCUT2D eigenvalue weighted by Gasteiger charge is -2.08. The van der Waals surface area contributed by atoms with Crippen LogP contribution in [0.1, 0.15) is 17.5 Å². The molecule has 0 amide bonds. The first-order chi connectivity index (χ1) is 8.36. The van der Waals surface area contributed by atoms with Gasteiger partial charge in [-0.2, -0.15) is 13.2 Å². The van der Waals surface area contributed by atoms with Crippen LogP contribution in [0.4, 0.5) is 18.9 Å². The third kappa shape index (κ3) is 3.46. The van der Waals surface area contributed by atoms with Crippen LogP contribution in [0, 0.1) is 22.0 Å². The molecule has 0 aliphatic rings. The molecule has 4 nitrogen and oxygen atoms in total. The van der Waals surface area contributed by atoms with Gasteiger partial charge in [-0.05, 0) is 6.07 Å². The van der Waals surface area contributed by atoms with Gasteiger partial charge >= 0.3 is 6.18 Å². The van der Waals surface area contributed by atoms with Gasteiger partial charge < -0.3 is 5.11 Å². The van der Waals surface area contributed by atoms with Crippen LogP contribution in [-0.2, 0) is 6.18 Å². The van der Waals surface area contributed by atoms with E-state index in [1.807, 2.05) is 0 Å². The molecule has 18 heavy (non-hydrogen) atoms. The Bertz CT molecular complexity index is 514. The second-order valence-electron chi connectivity index (χ2n) is 3.26. The Morgan fingerprint density at radius 2 is 2.06 bits per heavy atom. The summed E-state index contributed by atoms with van der Waals surface area (Å²) in [7, 11) is 0. The first-order valence-corrected chi connectivity index (χ1v) is 4.81. The monoisotopic (exact) mass is 259 g/mol. The number of halogens is 3. The van der Waals surface area contributed by atoms with Crippen LogP contribution in [0.15, 0.2) is 18.2 Å². The summed E-state index contributed by atoms with van der Waals surface area (Å²) in [6.45, 7) is -0.288. The van der Waals surface area contributed by atoms with E-state index < -0.39 is 27.9 Å². The van der Waals surface area contributed by atoms with Gasteiger partial charge in [-0.1, -0.05) is 11.8 Å².